The standard InChI is InChI=1S/C13H14ClN5O2/c1-6-5-7(9(15)8(14)11(6)20)17-10-12(16)18-3-2-4-19(18)13(10)21/h5,8,15H,2-4,16H2,1H3. The van der Waals surface area contributed by atoms with Gasteiger partial charge in [0, 0.05) is 13.1 Å². The maximum absolute atomic E-state index is 12.3. The largest absolute Gasteiger partial charge is 0.382 e. The molecule has 0 spiro atoms. The number of hydrogen-bond acceptors (Lipinski definition) is 5. The number of carbonyl (C=O) groups excluding carboxylic acids is 1. The predicted octanol–water partition coefficient (Wildman–Crippen LogP) is 0.864. The van der Waals surface area contributed by atoms with Crippen LogP contribution in [0.3, 0.4) is 0 Å². The van der Waals surface area contributed by atoms with E-state index in [4.69, 9.17) is 22.7 Å². The molecule has 110 valence electrons. The number of rotatable bonds is 1. The monoisotopic (exact) mass is 307 g/mol. The van der Waals surface area contributed by atoms with Crippen LogP contribution in [0.25, 0.3) is 0 Å². The molecule has 1 aliphatic carbocycles. The summed E-state index contributed by atoms with van der Waals surface area (Å²) in [5, 5.41) is 6.83. The van der Waals surface area contributed by atoms with Gasteiger partial charge in [-0.15, -0.1) is 11.6 Å². The number of Topliss-reactive ketones (excluding diaryl/α,β-unsaturated/α-hetero) is 1. The molecular formula is C13H14ClN5O2. The SMILES string of the molecule is CC1=CC(=Nc2c(N)n3n(c2=O)CCC3)C(=N)C(Cl)C1=O. The van der Waals surface area contributed by atoms with Gasteiger partial charge in [0.25, 0.3) is 5.56 Å². The molecule has 0 amide bonds. The minimum atomic E-state index is -1.06. The fourth-order valence-electron chi connectivity index (χ4n) is 2.56. The molecule has 0 fully saturated rings. The third-order valence-electron chi connectivity index (χ3n) is 3.72. The average Bonchev–Trinajstić information content (AvgIpc) is 3.02. The normalized spacial score (nSPS) is 23.6. The van der Waals surface area contributed by atoms with E-state index in [2.05, 4.69) is 4.99 Å². The number of fused-ring (bicyclic) bond motifs is 1. The fourth-order valence-corrected chi connectivity index (χ4v) is 2.84. The van der Waals surface area contributed by atoms with E-state index in [9.17, 15) is 9.59 Å². The highest BCUT2D eigenvalue weighted by molar-refractivity contribution is 6.63. The molecule has 1 atom stereocenters. The van der Waals surface area contributed by atoms with Crippen molar-refractivity contribution >= 4 is 40.3 Å². The molecule has 1 aliphatic heterocycles. The van der Waals surface area contributed by atoms with E-state index in [0.717, 1.165) is 6.42 Å². The molecule has 1 aromatic heterocycles. The first kappa shape index (κ1) is 13.8. The van der Waals surface area contributed by atoms with Gasteiger partial charge in [-0.25, -0.2) is 9.67 Å². The number of alkyl halides is 1. The number of nitrogen functional groups attached to an aromatic ring is 1. The Balaban J connectivity index is 2.14. The number of nitrogens with one attached hydrogen (secondary N) is 1. The first-order valence-corrected chi connectivity index (χ1v) is 6.98. The Morgan fingerprint density at radius 1 is 1.38 bits per heavy atom. The third-order valence-corrected chi connectivity index (χ3v) is 4.14. The summed E-state index contributed by atoms with van der Waals surface area (Å²) in [6, 6.07) is 0. The van der Waals surface area contributed by atoms with Gasteiger partial charge in [-0.3, -0.25) is 14.3 Å². The van der Waals surface area contributed by atoms with Crippen LogP contribution in [-0.4, -0.2) is 31.9 Å². The Morgan fingerprint density at radius 2 is 2.05 bits per heavy atom. The zero-order valence-corrected chi connectivity index (χ0v) is 12.1. The molecule has 0 bridgehead atoms. The fraction of sp³-hybridized carbons (Fsp3) is 0.385. The molecule has 2 aliphatic rings. The molecule has 21 heavy (non-hydrogen) atoms. The Hall–Kier alpha value is -2.15. The summed E-state index contributed by atoms with van der Waals surface area (Å²) in [6.45, 7) is 2.89. The van der Waals surface area contributed by atoms with Crippen LogP contribution in [-0.2, 0) is 17.9 Å². The van der Waals surface area contributed by atoms with Gasteiger partial charge in [0.2, 0.25) is 0 Å². The highest BCUT2D eigenvalue weighted by atomic mass is 35.5. The van der Waals surface area contributed by atoms with Gasteiger partial charge in [0.05, 0.1) is 11.4 Å². The molecule has 0 aromatic carbocycles. The summed E-state index contributed by atoms with van der Waals surface area (Å²) in [7, 11) is 0. The Morgan fingerprint density at radius 3 is 2.71 bits per heavy atom. The topological polar surface area (TPSA) is 106 Å². The minimum absolute atomic E-state index is 0.108. The van der Waals surface area contributed by atoms with Crippen molar-refractivity contribution in [1.29, 1.82) is 5.41 Å². The number of aromatic nitrogens is 2. The van der Waals surface area contributed by atoms with Crippen molar-refractivity contribution in [2.24, 2.45) is 4.99 Å². The first-order valence-electron chi connectivity index (χ1n) is 6.55. The predicted molar refractivity (Wildman–Crippen MR) is 80.9 cm³/mol. The maximum Gasteiger partial charge on any atom is 0.294 e. The van der Waals surface area contributed by atoms with Crippen molar-refractivity contribution in [3.63, 3.8) is 0 Å². The van der Waals surface area contributed by atoms with Crippen LogP contribution >= 0.6 is 11.6 Å². The number of nitrogens with zero attached hydrogens (tertiary/aromatic N) is 3. The van der Waals surface area contributed by atoms with E-state index >= 15 is 0 Å². The van der Waals surface area contributed by atoms with Gasteiger partial charge in [-0.1, -0.05) is 0 Å². The van der Waals surface area contributed by atoms with Gasteiger partial charge in [0.15, 0.2) is 17.3 Å². The van der Waals surface area contributed by atoms with E-state index in [1.807, 2.05) is 0 Å². The molecule has 3 rings (SSSR count). The molecule has 8 heteroatoms. The third kappa shape index (κ3) is 1.96. The second-order valence-electron chi connectivity index (χ2n) is 5.10. The lowest BCUT2D eigenvalue weighted by Gasteiger charge is -2.16. The molecule has 1 unspecified atom stereocenters. The second kappa shape index (κ2) is 4.70. The smallest absolute Gasteiger partial charge is 0.294 e. The van der Waals surface area contributed by atoms with Crippen molar-refractivity contribution in [3.8, 4) is 0 Å². The number of halogens is 1. The van der Waals surface area contributed by atoms with Crippen LogP contribution in [0.2, 0.25) is 0 Å². The van der Waals surface area contributed by atoms with Crippen molar-refractivity contribution in [2.75, 3.05) is 5.73 Å². The summed E-state index contributed by atoms with van der Waals surface area (Å²) in [6.07, 6.45) is 2.33. The lowest BCUT2D eigenvalue weighted by Crippen LogP contribution is -2.35. The number of aliphatic imine (C=N–C) groups is 1. The Bertz CT molecular complexity index is 783. The highest BCUT2D eigenvalue weighted by Gasteiger charge is 2.30. The number of ketones is 1. The number of anilines is 1. The quantitative estimate of drug-likeness (QED) is 0.751. The summed E-state index contributed by atoms with van der Waals surface area (Å²) in [5.41, 5.74) is 6.30. The van der Waals surface area contributed by atoms with Crippen molar-refractivity contribution in [3.05, 3.63) is 22.0 Å². The molecule has 0 saturated heterocycles. The van der Waals surface area contributed by atoms with Gasteiger partial charge >= 0.3 is 0 Å². The second-order valence-corrected chi connectivity index (χ2v) is 5.54. The minimum Gasteiger partial charge on any atom is -0.382 e. The van der Waals surface area contributed by atoms with Crippen LogP contribution in [0.15, 0.2) is 21.4 Å². The van der Waals surface area contributed by atoms with Crippen LogP contribution in [0.5, 0.6) is 0 Å². The van der Waals surface area contributed by atoms with Crippen molar-refractivity contribution < 1.29 is 4.79 Å². The average molecular weight is 308 g/mol. The molecule has 2 heterocycles. The number of allylic oxidation sites excluding steroid dienone is 2. The van der Waals surface area contributed by atoms with E-state index in [0.29, 0.717) is 18.7 Å². The summed E-state index contributed by atoms with van der Waals surface area (Å²) >= 11 is 5.91. The van der Waals surface area contributed by atoms with E-state index in [1.165, 1.54) is 6.08 Å². The van der Waals surface area contributed by atoms with E-state index < -0.39 is 5.38 Å². The van der Waals surface area contributed by atoms with Crippen LogP contribution in [0, 0.1) is 5.41 Å². The van der Waals surface area contributed by atoms with Crippen molar-refractivity contribution in [2.45, 2.75) is 31.8 Å². The van der Waals surface area contributed by atoms with Gasteiger partial charge in [0.1, 0.15) is 5.38 Å². The van der Waals surface area contributed by atoms with Gasteiger partial charge in [-0.05, 0) is 25.0 Å². The van der Waals surface area contributed by atoms with Gasteiger partial charge in [-0.2, -0.15) is 0 Å². The number of carbonyl (C=O) groups is 1. The lowest BCUT2D eigenvalue weighted by molar-refractivity contribution is -0.114. The van der Waals surface area contributed by atoms with E-state index in [-0.39, 0.29) is 34.3 Å². The number of nitrogens with two attached hydrogens (primary N) is 1. The van der Waals surface area contributed by atoms with Crippen LogP contribution in [0.1, 0.15) is 13.3 Å². The zero-order chi connectivity index (χ0) is 15.3. The lowest BCUT2D eigenvalue weighted by atomic mass is 9.95. The zero-order valence-electron chi connectivity index (χ0n) is 11.4. The van der Waals surface area contributed by atoms with Gasteiger partial charge < -0.3 is 11.1 Å². The maximum atomic E-state index is 12.3. The molecule has 3 N–H and O–H groups in total. The first-order chi connectivity index (χ1) is 9.91. The number of hydrogen-bond donors (Lipinski definition) is 2. The molecular weight excluding hydrogens is 294 g/mol. The Kier molecular flexibility index (Phi) is 3.09. The molecule has 0 saturated carbocycles. The summed E-state index contributed by atoms with van der Waals surface area (Å²) in [4.78, 5) is 28.1. The Labute approximate surface area is 125 Å². The van der Waals surface area contributed by atoms with E-state index in [1.54, 1.807) is 16.3 Å². The van der Waals surface area contributed by atoms with Crippen LogP contribution in [0.4, 0.5) is 11.5 Å². The summed E-state index contributed by atoms with van der Waals surface area (Å²) in [5.74, 6) is -0.0310. The van der Waals surface area contributed by atoms with Crippen molar-refractivity contribution in [1.82, 2.24) is 9.36 Å². The molecule has 7 nitrogen and oxygen atoms in total. The highest BCUT2D eigenvalue weighted by Crippen LogP contribution is 2.24. The molecule has 0 radical (unpaired) electrons. The molecule has 1 aromatic rings. The summed E-state index contributed by atoms with van der Waals surface area (Å²) < 4.78 is 3.23. The van der Waals surface area contributed by atoms with Crippen LogP contribution < -0.4 is 11.3 Å².